The van der Waals surface area contributed by atoms with Crippen LogP contribution in [0.2, 0.25) is 0 Å². The van der Waals surface area contributed by atoms with Crippen molar-refractivity contribution in [2.24, 2.45) is 4.99 Å². The van der Waals surface area contributed by atoms with Crippen LogP contribution in [0.3, 0.4) is 0 Å². The standard InChI is InChI=1S/C22H25N5/c1-2-23-22(26-15-12-20-10-3-5-13-24-20)27-17-18-8-7-9-19(16-18)21-11-4-6-14-25-21/h3-11,13-14,16H,2,12,15,17H2,1H3,(H2,23,26,27). The summed E-state index contributed by atoms with van der Waals surface area (Å²) in [6.45, 7) is 4.29. The summed E-state index contributed by atoms with van der Waals surface area (Å²) in [5.41, 5.74) is 4.31. The first kappa shape index (κ1) is 18.6. The van der Waals surface area contributed by atoms with Crippen molar-refractivity contribution in [2.75, 3.05) is 13.1 Å². The highest BCUT2D eigenvalue weighted by molar-refractivity contribution is 5.79. The summed E-state index contributed by atoms with van der Waals surface area (Å²) in [5, 5.41) is 6.66. The molecule has 0 bridgehead atoms. The van der Waals surface area contributed by atoms with E-state index in [0.29, 0.717) is 6.54 Å². The smallest absolute Gasteiger partial charge is 0.191 e. The molecule has 5 nitrogen and oxygen atoms in total. The second-order valence-electron chi connectivity index (χ2n) is 6.11. The average Bonchev–Trinajstić information content (AvgIpc) is 2.74. The van der Waals surface area contributed by atoms with Crippen LogP contribution in [0.25, 0.3) is 11.3 Å². The van der Waals surface area contributed by atoms with Gasteiger partial charge >= 0.3 is 0 Å². The van der Waals surface area contributed by atoms with Crippen molar-refractivity contribution in [2.45, 2.75) is 19.9 Å². The van der Waals surface area contributed by atoms with Gasteiger partial charge in [-0.1, -0.05) is 30.3 Å². The van der Waals surface area contributed by atoms with Crippen LogP contribution in [-0.4, -0.2) is 29.0 Å². The maximum absolute atomic E-state index is 4.70. The van der Waals surface area contributed by atoms with Crippen molar-refractivity contribution in [1.29, 1.82) is 0 Å². The molecule has 0 spiro atoms. The molecule has 0 unspecified atom stereocenters. The fourth-order valence-corrected chi connectivity index (χ4v) is 2.73. The normalized spacial score (nSPS) is 11.2. The van der Waals surface area contributed by atoms with Crippen molar-refractivity contribution in [3.05, 3.63) is 84.3 Å². The van der Waals surface area contributed by atoms with E-state index in [-0.39, 0.29) is 0 Å². The molecule has 0 aliphatic rings. The van der Waals surface area contributed by atoms with Crippen LogP contribution in [0.15, 0.2) is 78.0 Å². The van der Waals surface area contributed by atoms with Crippen LogP contribution in [0.1, 0.15) is 18.2 Å². The van der Waals surface area contributed by atoms with Crippen molar-refractivity contribution in [1.82, 2.24) is 20.6 Å². The molecule has 0 aliphatic carbocycles. The molecule has 1 aromatic carbocycles. The van der Waals surface area contributed by atoms with Gasteiger partial charge in [0.2, 0.25) is 0 Å². The van der Waals surface area contributed by atoms with Crippen molar-refractivity contribution in [3.63, 3.8) is 0 Å². The van der Waals surface area contributed by atoms with Crippen molar-refractivity contribution >= 4 is 5.96 Å². The van der Waals surface area contributed by atoms with Crippen LogP contribution in [0, 0.1) is 0 Å². The summed E-state index contributed by atoms with van der Waals surface area (Å²) in [6, 6.07) is 20.3. The second kappa shape index (κ2) is 10.1. The van der Waals surface area contributed by atoms with E-state index in [1.54, 1.807) is 0 Å². The molecule has 2 heterocycles. The lowest BCUT2D eigenvalue weighted by atomic mass is 10.1. The summed E-state index contributed by atoms with van der Waals surface area (Å²) in [6.07, 6.45) is 4.50. The number of hydrogen-bond donors (Lipinski definition) is 2. The number of hydrogen-bond acceptors (Lipinski definition) is 3. The molecule has 0 radical (unpaired) electrons. The third kappa shape index (κ3) is 5.92. The zero-order valence-electron chi connectivity index (χ0n) is 15.6. The molecular weight excluding hydrogens is 334 g/mol. The largest absolute Gasteiger partial charge is 0.357 e. The third-order valence-corrected chi connectivity index (χ3v) is 4.05. The Kier molecular flexibility index (Phi) is 6.92. The molecule has 2 N–H and O–H groups in total. The Hall–Kier alpha value is -3.21. The minimum absolute atomic E-state index is 0.611. The Morgan fingerprint density at radius 2 is 1.78 bits per heavy atom. The molecule has 0 saturated heterocycles. The summed E-state index contributed by atoms with van der Waals surface area (Å²) >= 11 is 0. The number of nitrogens with zero attached hydrogens (tertiary/aromatic N) is 3. The Morgan fingerprint density at radius 1 is 0.926 bits per heavy atom. The first-order valence-electron chi connectivity index (χ1n) is 9.27. The van der Waals surface area contributed by atoms with Gasteiger partial charge in [0, 0.05) is 43.2 Å². The third-order valence-electron chi connectivity index (χ3n) is 4.05. The predicted molar refractivity (Wildman–Crippen MR) is 110 cm³/mol. The molecule has 3 rings (SSSR count). The number of rotatable bonds is 7. The Balaban J connectivity index is 1.61. The summed E-state index contributed by atoms with van der Waals surface area (Å²) in [7, 11) is 0. The van der Waals surface area contributed by atoms with Crippen LogP contribution in [0.4, 0.5) is 0 Å². The molecule has 2 aromatic heterocycles. The van der Waals surface area contributed by atoms with Gasteiger partial charge in [-0.25, -0.2) is 4.99 Å². The highest BCUT2D eigenvalue weighted by Gasteiger charge is 2.02. The Morgan fingerprint density at radius 3 is 2.52 bits per heavy atom. The quantitative estimate of drug-likeness (QED) is 0.501. The van der Waals surface area contributed by atoms with E-state index in [2.05, 4.69) is 51.8 Å². The van der Waals surface area contributed by atoms with Gasteiger partial charge in [-0.05, 0) is 42.8 Å². The number of benzene rings is 1. The fourth-order valence-electron chi connectivity index (χ4n) is 2.73. The topological polar surface area (TPSA) is 62.2 Å². The number of pyridine rings is 2. The fraction of sp³-hybridized carbons (Fsp3) is 0.227. The van der Waals surface area contributed by atoms with Crippen molar-refractivity contribution < 1.29 is 0 Å². The average molecular weight is 359 g/mol. The van der Waals surface area contributed by atoms with Gasteiger partial charge in [0.1, 0.15) is 0 Å². The monoisotopic (exact) mass is 359 g/mol. The Labute approximate surface area is 160 Å². The molecule has 138 valence electrons. The number of guanidine groups is 1. The molecular formula is C22H25N5. The number of aromatic nitrogens is 2. The van der Waals surface area contributed by atoms with Crippen LogP contribution >= 0.6 is 0 Å². The van der Waals surface area contributed by atoms with Gasteiger partial charge < -0.3 is 10.6 Å². The van der Waals surface area contributed by atoms with E-state index < -0.39 is 0 Å². The molecule has 0 atom stereocenters. The lowest BCUT2D eigenvalue weighted by molar-refractivity contribution is 0.788. The highest BCUT2D eigenvalue weighted by atomic mass is 15.2. The zero-order chi connectivity index (χ0) is 18.7. The highest BCUT2D eigenvalue weighted by Crippen LogP contribution is 2.18. The van der Waals surface area contributed by atoms with Crippen LogP contribution in [0.5, 0.6) is 0 Å². The maximum atomic E-state index is 4.70. The molecule has 27 heavy (non-hydrogen) atoms. The van der Waals surface area contributed by atoms with E-state index in [9.17, 15) is 0 Å². The minimum atomic E-state index is 0.611. The first-order valence-corrected chi connectivity index (χ1v) is 9.27. The minimum Gasteiger partial charge on any atom is -0.357 e. The van der Waals surface area contributed by atoms with E-state index in [1.165, 1.54) is 0 Å². The van der Waals surface area contributed by atoms with Gasteiger partial charge in [0.15, 0.2) is 5.96 Å². The van der Waals surface area contributed by atoms with Gasteiger partial charge in [-0.2, -0.15) is 0 Å². The van der Waals surface area contributed by atoms with Gasteiger partial charge in [-0.15, -0.1) is 0 Å². The molecule has 0 fully saturated rings. The zero-order valence-corrected chi connectivity index (χ0v) is 15.6. The molecule has 0 amide bonds. The first-order chi connectivity index (χ1) is 13.3. The van der Waals surface area contributed by atoms with Gasteiger partial charge in [0.25, 0.3) is 0 Å². The van der Waals surface area contributed by atoms with Gasteiger partial charge in [-0.3, -0.25) is 9.97 Å². The van der Waals surface area contributed by atoms with E-state index in [0.717, 1.165) is 48.0 Å². The summed E-state index contributed by atoms with van der Waals surface area (Å²) in [5.74, 6) is 0.816. The summed E-state index contributed by atoms with van der Waals surface area (Å²) < 4.78 is 0. The van der Waals surface area contributed by atoms with E-state index in [1.807, 2.05) is 48.8 Å². The molecule has 3 aromatic rings. The number of aliphatic imine (C=N–C) groups is 1. The van der Waals surface area contributed by atoms with Crippen LogP contribution < -0.4 is 10.6 Å². The lowest BCUT2D eigenvalue weighted by Gasteiger charge is -2.11. The summed E-state index contributed by atoms with van der Waals surface area (Å²) in [4.78, 5) is 13.5. The second-order valence-corrected chi connectivity index (χ2v) is 6.11. The van der Waals surface area contributed by atoms with Gasteiger partial charge in [0.05, 0.1) is 12.2 Å². The molecule has 5 heteroatoms. The van der Waals surface area contributed by atoms with Crippen LogP contribution in [-0.2, 0) is 13.0 Å². The number of nitrogens with one attached hydrogen (secondary N) is 2. The molecule has 0 saturated carbocycles. The lowest BCUT2D eigenvalue weighted by Crippen LogP contribution is -2.38. The predicted octanol–water partition coefficient (Wildman–Crippen LogP) is 3.44. The van der Waals surface area contributed by atoms with E-state index in [4.69, 9.17) is 4.99 Å². The van der Waals surface area contributed by atoms with E-state index >= 15 is 0 Å². The van der Waals surface area contributed by atoms with Crippen molar-refractivity contribution in [3.8, 4) is 11.3 Å². The molecule has 0 aliphatic heterocycles. The maximum Gasteiger partial charge on any atom is 0.191 e. The SMILES string of the molecule is CCNC(=NCc1cccc(-c2ccccn2)c1)NCCc1ccccn1. The Bertz CT molecular complexity index is 847.